The third-order valence-corrected chi connectivity index (χ3v) is 2.18. The Balaban J connectivity index is 2.55. The van der Waals surface area contributed by atoms with Crippen molar-refractivity contribution in [1.29, 1.82) is 0 Å². The summed E-state index contributed by atoms with van der Waals surface area (Å²) in [5.41, 5.74) is 1.30. The molecule has 0 atom stereocenters. The lowest BCUT2D eigenvalue weighted by Gasteiger charge is -2.04. The summed E-state index contributed by atoms with van der Waals surface area (Å²) in [6, 6.07) is 6.61. The van der Waals surface area contributed by atoms with Crippen LogP contribution in [0, 0.1) is 11.8 Å². The Labute approximate surface area is 90.6 Å². The minimum Gasteiger partial charge on any atom is -0.298 e. The Hall–Kier alpha value is -2.10. The van der Waals surface area contributed by atoms with Gasteiger partial charge in [-0.25, -0.2) is 9.37 Å². The van der Waals surface area contributed by atoms with Crippen LogP contribution in [0.15, 0.2) is 36.5 Å². The van der Waals surface area contributed by atoms with Crippen molar-refractivity contribution < 1.29 is 13.6 Å². The molecule has 0 bridgehead atoms. The fourth-order valence-corrected chi connectivity index (χ4v) is 1.41. The molecule has 80 valence electrons. The second-order valence-electron chi connectivity index (χ2n) is 3.22. The van der Waals surface area contributed by atoms with Crippen LogP contribution >= 0.6 is 0 Å². The molecule has 2 aromatic rings. The number of aromatic nitrogens is 1. The molecule has 1 aromatic heterocycles. The summed E-state index contributed by atoms with van der Waals surface area (Å²) in [6.45, 7) is 0. The van der Waals surface area contributed by atoms with E-state index >= 15 is 0 Å². The van der Waals surface area contributed by atoms with E-state index in [2.05, 4.69) is 4.98 Å². The molecule has 2 rings (SSSR count). The van der Waals surface area contributed by atoms with Crippen molar-refractivity contribution in [3.63, 3.8) is 0 Å². The Morgan fingerprint density at radius 1 is 1.12 bits per heavy atom. The lowest BCUT2D eigenvalue weighted by Crippen LogP contribution is -1.92. The maximum absolute atomic E-state index is 12.8. The van der Waals surface area contributed by atoms with Gasteiger partial charge in [0.2, 0.25) is 5.95 Å². The van der Waals surface area contributed by atoms with E-state index < -0.39 is 5.95 Å². The topological polar surface area (TPSA) is 30.0 Å². The predicted molar refractivity (Wildman–Crippen MR) is 55.0 cm³/mol. The molecule has 0 radical (unpaired) electrons. The first-order valence-electron chi connectivity index (χ1n) is 4.57. The van der Waals surface area contributed by atoms with E-state index in [0.717, 1.165) is 6.07 Å². The zero-order chi connectivity index (χ0) is 11.5. The molecule has 0 aliphatic carbocycles. The monoisotopic (exact) mass is 219 g/mol. The quantitative estimate of drug-likeness (QED) is 0.574. The van der Waals surface area contributed by atoms with Crippen LogP contribution in [0.2, 0.25) is 0 Å². The summed E-state index contributed by atoms with van der Waals surface area (Å²) in [7, 11) is 0. The summed E-state index contributed by atoms with van der Waals surface area (Å²) < 4.78 is 25.5. The minimum atomic E-state index is -0.715. The molecule has 0 amide bonds. The third-order valence-electron chi connectivity index (χ3n) is 2.18. The molecular formula is C12H7F2NO. The number of benzene rings is 1. The van der Waals surface area contributed by atoms with Crippen LogP contribution in [0.5, 0.6) is 0 Å². The molecule has 2 nitrogen and oxygen atoms in total. The van der Waals surface area contributed by atoms with E-state index in [1.165, 1.54) is 30.5 Å². The third kappa shape index (κ3) is 1.95. The molecular weight excluding hydrogens is 212 g/mol. The fourth-order valence-electron chi connectivity index (χ4n) is 1.41. The first-order chi connectivity index (χ1) is 7.70. The highest BCUT2D eigenvalue weighted by molar-refractivity contribution is 5.86. The first kappa shape index (κ1) is 10.4. The van der Waals surface area contributed by atoms with Crippen LogP contribution in [0.4, 0.5) is 8.78 Å². The Kier molecular flexibility index (Phi) is 2.72. The van der Waals surface area contributed by atoms with Gasteiger partial charge in [-0.15, -0.1) is 0 Å². The fraction of sp³-hybridized carbons (Fsp3) is 0. The Morgan fingerprint density at radius 2 is 1.81 bits per heavy atom. The van der Waals surface area contributed by atoms with Gasteiger partial charge in [-0.1, -0.05) is 12.1 Å². The number of nitrogens with zero attached hydrogens (tertiary/aromatic N) is 1. The SMILES string of the molecule is O=Cc1cc(F)ncc1-c1ccc(F)cc1. The van der Waals surface area contributed by atoms with Gasteiger partial charge < -0.3 is 0 Å². The zero-order valence-electron chi connectivity index (χ0n) is 8.15. The van der Waals surface area contributed by atoms with E-state index in [9.17, 15) is 13.6 Å². The predicted octanol–water partition coefficient (Wildman–Crippen LogP) is 2.84. The van der Waals surface area contributed by atoms with Crippen molar-refractivity contribution in [3.8, 4) is 11.1 Å². The second kappa shape index (κ2) is 4.18. The summed E-state index contributed by atoms with van der Waals surface area (Å²) in [4.78, 5) is 14.2. The number of aldehydes is 1. The van der Waals surface area contributed by atoms with Crippen molar-refractivity contribution >= 4 is 6.29 Å². The van der Waals surface area contributed by atoms with Crippen molar-refractivity contribution in [2.45, 2.75) is 0 Å². The summed E-state index contributed by atoms with van der Waals surface area (Å²) in [5.74, 6) is -1.08. The van der Waals surface area contributed by atoms with Crippen LogP contribution in [-0.4, -0.2) is 11.3 Å². The van der Waals surface area contributed by atoms with Crippen LogP contribution in [0.25, 0.3) is 11.1 Å². The highest BCUT2D eigenvalue weighted by Gasteiger charge is 2.06. The molecule has 0 aliphatic heterocycles. The molecule has 16 heavy (non-hydrogen) atoms. The smallest absolute Gasteiger partial charge is 0.213 e. The molecule has 0 spiro atoms. The molecule has 0 saturated carbocycles. The average Bonchev–Trinajstić information content (AvgIpc) is 2.30. The van der Waals surface area contributed by atoms with E-state index in [-0.39, 0.29) is 11.4 Å². The molecule has 0 fully saturated rings. The molecule has 1 heterocycles. The van der Waals surface area contributed by atoms with E-state index in [0.29, 0.717) is 17.4 Å². The van der Waals surface area contributed by atoms with Gasteiger partial charge in [0.05, 0.1) is 0 Å². The molecule has 1 aromatic carbocycles. The van der Waals surface area contributed by atoms with E-state index in [4.69, 9.17) is 0 Å². The number of carbonyl (C=O) groups excluding carboxylic acids is 1. The van der Waals surface area contributed by atoms with Gasteiger partial charge in [-0.3, -0.25) is 4.79 Å². The van der Waals surface area contributed by atoms with Crippen LogP contribution in [-0.2, 0) is 0 Å². The highest BCUT2D eigenvalue weighted by atomic mass is 19.1. The lowest BCUT2D eigenvalue weighted by atomic mass is 10.0. The van der Waals surface area contributed by atoms with Gasteiger partial charge in [0, 0.05) is 23.4 Å². The number of rotatable bonds is 2. The largest absolute Gasteiger partial charge is 0.298 e. The van der Waals surface area contributed by atoms with Crippen LogP contribution in [0.3, 0.4) is 0 Å². The zero-order valence-corrected chi connectivity index (χ0v) is 8.15. The average molecular weight is 219 g/mol. The summed E-state index contributed by atoms with van der Waals surface area (Å²) >= 11 is 0. The lowest BCUT2D eigenvalue weighted by molar-refractivity contribution is 0.112. The summed E-state index contributed by atoms with van der Waals surface area (Å²) in [5, 5.41) is 0. The maximum atomic E-state index is 12.8. The Bertz CT molecular complexity index is 523. The van der Waals surface area contributed by atoms with Crippen molar-refractivity contribution in [1.82, 2.24) is 4.98 Å². The summed E-state index contributed by atoms with van der Waals surface area (Å²) in [6.07, 6.45) is 1.80. The van der Waals surface area contributed by atoms with E-state index in [1.807, 2.05) is 0 Å². The van der Waals surface area contributed by atoms with Gasteiger partial charge in [-0.05, 0) is 17.7 Å². The number of halogens is 2. The standard InChI is InChI=1S/C12H7F2NO/c13-10-3-1-8(2-4-10)11-6-15-12(14)5-9(11)7-16/h1-7H. The Morgan fingerprint density at radius 3 is 2.44 bits per heavy atom. The van der Waals surface area contributed by atoms with Gasteiger partial charge in [-0.2, -0.15) is 4.39 Å². The van der Waals surface area contributed by atoms with Gasteiger partial charge in [0.15, 0.2) is 6.29 Å². The molecule has 0 aliphatic rings. The van der Waals surface area contributed by atoms with E-state index in [1.54, 1.807) is 0 Å². The number of hydrogen-bond acceptors (Lipinski definition) is 2. The van der Waals surface area contributed by atoms with Crippen molar-refractivity contribution in [2.24, 2.45) is 0 Å². The van der Waals surface area contributed by atoms with Crippen LogP contribution in [0.1, 0.15) is 10.4 Å². The first-order valence-corrected chi connectivity index (χ1v) is 4.57. The number of carbonyl (C=O) groups is 1. The molecule has 0 unspecified atom stereocenters. The van der Waals surface area contributed by atoms with Gasteiger partial charge in [0.1, 0.15) is 5.82 Å². The second-order valence-corrected chi connectivity index (χ2v) is 3.22. The van der Waals surface area contributed by atoms with Crippen molar-refractivity contribution in [3.05, 3.63) is 53.9 Å². The van der Waals surface area contributed by atoms with Gasteiger partial charge >= 0.3 is 0 Å². The van der Waals surface area contributed by atoms with Crippen molar-refractivity contribution in [2.75, 3.05) is 0 Å². The minimum absolute atomic E-state index is 0.194. The maximum Gasteiger partial charge on any atom is 0.213 e. The molecule has 4 heteroatoms. The van der Waals surface area contributed by atoms with Gasteiger partial charge in [0.25, 0.3) is 0 Å². The number of hydrogen-bond donors (Lipinski definition) is 0. The molecule has 0 saturated heterocycles. The highest BCUT2D eigenvalue weighted by Crippen LogP contribution is 2.22. The van der Waals surface area contributed by atoms with Crippen LogP contribution < -0.4 is 0 Å². The normalized spacial score (nSPS) is 10.1. The number of pyridine rings is 1. The molecule has 0 N–H and O–H groups in total.